The standard InChI is InChI=1S/C13H25NO7/c1-8(15)14-10(12(20-5)13(16)21-6)11(19-4)9(18-3)7-17-2/h9-12H,7H2,1-6H3,(H,14,15)/t9-,10-,11-,12+/m1/s1. The van der Waals surface area contributed by atoms with Crippen LogP contribution < -0.4 is 5.32 Å². The Hall–Kier alpha value is -1.22. The molecule has 0 aromatic rings. The van der Waals surface area contributed by atoms with E-state index >= 15 is 0 Å². The van der Waals surface area contributed by atoms with Gasteiger partial charge >= 0.3 is 5.97 Å². The molecule has 124 valence electrons. The number of rotatable bonds is 10. The SMILES string of the molecule is COC[C@@H](OC)[C@@H](OC)[C@@H](NC(C)=O)[C@H](OC)C(=O)OC. The Morgan fingerprint density at radius 3 is 1.95 bits per heavy atom. The lowest BCUT2D eigenvalue weighted by Gasteiger charge is -2.34. The van der Waals surface area contributed by atoms with Gasteiger partial charge in [-0.25, -0.2) is 4.79 Å². The lowest BCUT2D eigenvalue weighted by atomic mass is 9.99. The first-order valence-electron chi connectivity index (χ1n) is 6.38. The van der Waals surface area contributed by atoms with Gasteiger partial charge in [-0.15, -0.1) is 0 Å². The van der Waals surface area contributed by atoms with Crippen molar-refractivity contribution in [1.29, 1.82) is 0 Å². The summed E-state index contributed by atoms with van der Waals surface area (Å²) in [5.41, 5.74) is 0. The summed E-state index contributed by atoms with van der Waals surface area (Å²) in [4.78, 5) is 23.3. The third-order valence-corrected chi connectivity index (χ3v) is 3.01. The summed E-state index contributed by atoms with van der Waals surface area (Å²) in [5, 5.41) is 2.65. The average Bonchev–Trinajstić information content (AvgIpc) is 2.46. The van der Waals surface area contributed by atoms with E-state index in [1.165, 1.54) is 42.5 Å². The van der Waals surface area contributed by atoms with Gasteiger partial charge in [-0.05, 0) is 0 Å². The molecule has 0 unspecified atom stereocenters. The van der Waals surface area contributed by atoms with E-state index in [2.05, 4.69) is 5.32 Å². The van der Waals surface area contributed by atoms with Gasteiger partial charge in [0.05, 0.1) is 19.8 Å². The highest BCUT2D eigenvalue weighted by molar-refractivity contribution is 5.78. The summed E-state index contributed by atoms with van der Waals surface area (Å²) in [7, 11) is 7.04. The van der Waals surface area contributed by atoms with Crippen LogP contribution in [0.15, 0.2) is 0 Å². The van der Waals surface area contributed by atoms with Crippen LogP contribution in [0.4, 0.5) is 0 Å². The van der Waals surface area contributed by atoms with Crippen molar-refractivity contribution in [3.63, 3.8) is 0 Å². The van der Waals surface area contributed by atoms with Crippen molar-refractivity contribution in [2.45, 2.75) is 31.3 Å². The molecular weight excluding hydrogens is 282 g/mol. The van der Waals surface area contributed by atoms with Gasteiger partial charge in [0.25, 0.3) is 0 Å². The summed E-state index contributed by atoms with van der Waals surface area (Å²) in [6.07, 6.45) is -2.19. The zero-order valence-electron chi connectivity index (χ0n) is 13.4. The fraction of sp³-hybridized carbons (Fsp3) is 0.846. The second-order valence-corrected chi connectivity index (χ2v) is 4.34. The van der Waals surface area contributed by atoms with Crippen LogP contribution in [0.5, 0.6) is 0 Å². The zero-order valence-corrected chi connectivity index (χ0v) is 13.4. The normalized spacial score (nSPS) is 16.7. The molecule has 0 rings (SSSR count). The molecule has 0 aromatic carbocycles. The molecule has 0 radical (unpaired) electrons. The van der Waals surface area contributed by atoms with Crippen molar-refractivity contribution in [1.82, 2.24) is 5.32 Å². The Morgan fingerprint density at radius 2 is 1.62 bits per heavy atom. The van der Waals surface area contributed by atoms with E-state index in [-0.39, 0.29) is 12.5 Å². The molecule has 0 saturated carbocycles. The van der Waals surface area contributed by atoms with Crippen molar-refractivity contribution in [2.75, 3.05) is 42.2 Å². The van der Waals surface area contributed by atoms with Crippen LogP contribution in [0, 0.1) is 0 Å². The second kappa shape index (κ2) is 10.5. The van der Waals surface area contributed by atoms with Gasteiger partial charge in [-0.3, -0.25) is 4.79 Å². The van der Waals surface area contributed by atoms with Gasteiger partial charge in [0.1, 0.15) is 12.2 Å². The first-order chi connectivity index (χ1) is 9.96. The monoisotopic (exact) mass is 307 g/mol. The second-order valence-electron chi connectivity index (χ2n) is 4.34. The zero-order chi connectivity index (χ0) is 16.4. The largest absolute Gasteiger partial charge is 0.467 e. The Labute approximate surface area is 125 Å². The van der Waals surface area contributed by atoms with E-state index in [9.17, 15) is 9.59 Å². The van der Waals surface area contributed by atoms with Gasteiger partial charge in [0.15, 0.2) is 6.10 Å². The third-order valence-electron chi connectivity index (χ3n) is 3.01. The molecule has 0 fully saturated rings. The van der Waals surface area contributed by atoms with Gasteiger partial charge < -0.3 is 29.0 Å². The Balaban J connectivity index is 5.40. The lowest BCUT2D eigenvalue weighted by Crippen LogP contribution is -2.59. The molecule has 0 aliphatic carbocycles. The molecule has 0 spiro atoms. The maximum Gasteiger partial charge on any atom is 0.337 e. The molecule has 8 nitrogen and oxygen atoms in total. The van der Waals surface area contributed by atoms with Crippen molar-refractivity contribution in [3.8, 4) is 0 Å². The number of nitrogens with one attached hydrogen (secondary N) is 1. The minimum atomic E-state index is -1.03. The summed E-state index contributed by atoms with van der Waals surface area (Å²) < 4.78 is 25.6. The van der Waals surface area contributed by atoms with Gasteiger partial charge in [0.2, 0.25) is 5.91 Å². The highest BCUT2D eigenvalue weighted by Crippen LogP contribution is 2.15. The number of hydrogen-bond donors (Lipinski definition) is 1. The molecule has 0 aromatic heterocycles. The lowest BCUT2D eigenvalue weighted by molar-refractivity contribution is -0.161. The van der Waals surface area contributed by atoms with Crippen LogP contribution in [0.3, 0.4) is 0 Å². The van der Waals surface area contributed by atoms with Crippen LogP contribution in [-0.4, -0.2) is 78.4 Å². The van der Waals surface area contributed by atoms with Crippen LogP contribution >= 0.6 is 0 Å². The first-order valence-corrected chi connectivity index (χ1v) is 6.38. The molecule has 0 bridgehead atoms. The third kappa shape index (κ3) is 5.96. The number of esters is 1. The molecule has 1 amide bonds. The van der Waals surface area contributed by atoms with E-state index in [0.717, 1.165) is 0 Å². The predicted octanol–water partition coefficient (Wildman–Crippen LogP) is -0.644. The molecule has 0 aliphatic heterocycles. The number of carbonyl (C=O) groups excluding carboxylic acids is 2. The summed E-state index contributed by atoms with van der Waals surface area (Å²) in [5.74, 6) is -0.953. The Kier molecular flexibility index (Phi) is 9.89. The van der Waals surface area contributed by atoms with Gasteiger partial charge in [-0.1, -0.05) is 0 Å². The molecule has 8 heteroatoms. The van der Waals surface area contributed by atoms with Crippen LogP contribution in [0.2, 0.25) is 0 Å². The highest BCUT2D eigenvalue weighted by atomic mass is 16.6. The van der Waals surface area contributed by atoms with Crippen molar-refractivity contribution in [2.24, 2.45) is 0 Å². The van der Waals surface area contributed by atoms with E-state index < -0.39 is 30.3 Å². The number of hydrogen-bond acceptors (Lipinski definition) is 7. The summed E-state index contributed by atoms with van der Waals surface area (Å²) >= 11 is 0. The van der Waals surface area contributed by atoms with Gasteiger partial charge in [-0.2, -0.15) is 0 Å². The molecule has 21 heavy (non-hydrogen) atoms. The van der Waals surface area contributed by atoms with E-state index in [4.69, 9.17) is 23.7 Å². The molecule has 4 atom stereocenters. The summed E-state index contributed by atoms with van der Waals surface area (Å²) in [6.45, 7) is 1.56. The van der Waals surface area contributed by atoms with Crippen molar-refractivity contribution >= 4 is 11.9 Å². The van der Waals surface area contributed by atoms with Crippen LogP contribution in [0.1, 0.15) is 6.92 Å². The number of ether oxygens (including phenoxy) is 5. The fourth-order valence-electron chi connectivity index (χ4n) is 2.06. The predicted molar refractivity (Wildman–Crippen MR) is 73.9 cm³/mol. The smallest absolute Gasteiger partial charge is 0.337 e. The fourth-order valence-corrected chi connectivity index (χ4v) is 2.06. The average molecular weight is 307 g/mol. The van der Waals surface area contributed by atoms with E-state index in [1.54, 1.807) is 0 Å². The highest BCUT2D eigenvalue weighted by Gasteiger charge is 2.40. The van der Waals surface area contributed by atoms with Gasteiger partial charge in [0, 0.05) is 35.4 Å². The van der Waals surface area contributed by atoms with Crippen LogP contribution in [-0.2, 0) is 33.3 Å². The Bertz CT molecular complexity index is 324. The number of amides is 1. The molecule has 0 aliphatic rings. The van der Waals surface area contributed by atoms with Crippen LogP contribution in [0.25, 0.3) is 0 Å². The minimum absolute atomic E-state index is 0.225. The van der Waals surface area contributed by atoms with E-state index in [0.29, 0.717) is 0 Å². The van der Waals surface area contributed by atoms with Crippen molar-refractivity contribution in [3.05, 3.63) is 0 Å². The number of carbonyl (C=O) groups is 2. The molecule has 1 N–H and O–H groups in total. The Morgan fingerprint density at radius 1 is 1.00 bits per heavy atom. The molecule has 0 saturated heterocycles. The quantitative estimate of drug-likeness (QED) is 0.536. The molecule has 0 heterocycles. The topological polar surface area (TPSA) is 92.3 Å². The maximum atomic E-state index is 11.8. The number of methoxy groups -OCH3 is 5. The first kappa shape index (κ1) is 19.8. The van der Waals surface area contributed by atoms with E-state index in [1.807, 2.05) is 0 Å². The molecular formula is C13H25NO7. The summed E-state index contributed by atoms with van der Waals surface area (Å²) in [6, 6.07) is -0.787. The van der Waals surface area contributed by atoms with Crippen molar-refractivity contribution < 1.29 is 33.3 Å². The maximum absolute atomic E-state index is 11.8. The minimum Gasteiger partial charge on any atom is -0.467 e.